The van der Waals surface area contributed by atoms with Crippen LogP contribution in [0, 0.1) is 40.9 Å². The molecule has 2 heteroatoms. The van der Waals surface area contributed by atoms with E-state index in [1.54, 1.807) is 11.1 Å². The number of unbranched alkanes of at least 4 members (excludes halogenated alkanes) is 4. The number of fused-ring (bicyclic) bond motifs is 1. The van der Waals surface area contributed by atoms with E-state index in [1.807, 2.05) is 0 Å². The quantitative estimate of drug-likeness (QED) is 0.102. The molecule has 3 aliphatic carbocycles. The first kappa shape index (κ1) is 44.1. The van der Waals surface area contributed by atoms with Gasteiger partial charge in [-0.25, -0.2) is 0 Å². The second kappa shape index (κ2) is 22.8. The molecule has 0 aromatic heterocycles. The fourth-order valence-corrected chi connectivity index (χ4v) is 9.89. The first-order valence-corrected chi connectivity index (χ1v) is 20.9. The van der Waals surface area contributed by atoms with E-state index in [0.717, 1.165) is 23.7 Å². The average Bonchev–Trinajstić information content (AvgIpc) is 3.39. The molecule has 6 atom stereocenters. The minimum atomic E-state index is 0. The molecule has 0 aromatic carbocycles. The van der Waals surface area contributed by atoms with Crippen molar-refractivity contribution < 1.29 is 9.19 Å². The van der Waals surface area contributed by atoms with Crippen molar-refractivity contribution in [1.29, 1.82) is 0 Å². The zero-order valence-electron chi connectivity index (χ0n) is 33.7. The van der Waals surface area contributed by atoms with Crippen molar-refractivity contribution in [2.75, 3.05) is 26.2 Å². The fourth-order valence-electron chi connectivity index (χ4n) is 9.89. The molecule has 0 saturated heterocycles. The zero-order chi connectivity index (χ0) is 34.2. The topological polar surface area (TPSA) is 0 Å². The molecule has 1 nitrogen and oxygen atoms in total. The lowest BCUT2D eigenvalue weighted by Crippen LogP contribution is -3.00. The van der Waals surface area contributed by atoms with E-state index in [4.69, 9.17) is 0 Å². The Bertz CT molecular complexity index is 859. The minimum Gasteiger partial charge on any atom is -1.00 e. The molecular weight excluding hydrogens is 574 g/mol. The lowest BCUT2D eigenvalue weighted by atomic mass is 9.60. The van der Waals surface area contributed by atoms with Crippen molar-refractivity contribution in [3.8, 4) is 0 Å². The third-order valence-corrected chi connectivity index (χ3v) is 13.0. The molecule has 0 heterocycles. The summed E-state index contributed by atoms with van der Waals surface area (Å²) >= 11 is 0. The number of quaternary nitrogens is 1. The Balaban J connectivity index is 0.000000530. The van der Waals surface area contributed by atoms with Gasteiger partial charge in [0.15, 0.2) is 0 Å². The maximum absolute atomic E-state index is 4.33. The van der Waals surface area contributed by atoms with Gasteiger partial charge in [-0.1, -0.05) is 150 Å². The van der Waals surface area contributed by atoms with E-state index in [9.17, 15) is 0 Å². The summed E-state index contributed by atoms with van der Waals surface area (Å²) in [6, 6.07) is 0. The Hall–Kier alpha value is -0.890. The van der Waals surface area contributed by atoms with E-state index in [1.165, 1.54) is 152 Å². The van der Waals surface area contributed by atoms with Crippen molar-refractivity contribution in [3.63, 3.8) is 0 Å². The van der Waals surface area contributed by atoms with Crippen LogP contribution in [0.2, 0.25) is 0 Å². The molecule has 0 unspecified atom stereocenters. The fraction of sp³-hybridized carbons (Fsp3) is 0.867. The summed E-state index contributed by atoms with van der Waals surface area (Å²) in [7, 11) is 0. The first-order chi connectivity index (χ1) is 22.0. The van der Waals surface area contributed by atoms with Crippen molar-refractivity contribution >= 4 is 0 Å². The van der Waals surface area contributed by atoms with Crippen LogP contribution in [0.15, 0.2) is 35.5 Å². The highest BCUT2D eigenvalue weighted by atomic mass is 19.0. The summed E-state index contributed by atoms with van der Waals surface area (Å²) in [5.74, 6) is 4.85. The normalized spacial score (nSPS) is 27.7. The van der Waals surface area contributed by atoms with Crippen LogP contribution in [-0.2, 0) is 0 Å². The molecule has 3 saturated carbocycles. The van der Waals surface area contributed by atoms with Crippen LogP contribution in [0.3, 0.4) is 0 Å². The number of hydrogen-bond donors (Lipinski definition) is 0. The summed E-state index contributed by atoms with van der Waals surface area (Å²) < 4.78 is 1.42. The number of nitrogens with zero attached hydrogens (tertiary/aromatic N) is 1. The largest absolute Gasteiger partial charge is 1.00 e. The van der Waals surface area contributed by atoms with Crippen molar-refractivity contribution in [2.24, 2.45) is 40.9 Å². The van der Waals surface area contributed by atoms with E-state index >= 15 is 0 Å². The molecule has 0 aromatic rings. The van der Waals surface area contributed by atoms with Crippen molar-refractivity contribution in [2.45, 2.75) is 185 Å². The van der Waals surface area contributed by atoms with Gasteiger partial charge in [0.05, 0.1) is 26.2 Å². The zero-order valence-corrected chi connectivity index (χ0v) is 33.7. The second-order valence-electron chi connectivity index (χ2n) is 17.4. The van der Waals surface area contributed by atoms with Crippen LogP contribution < -0.4 is 4.70 Å². The summed E-state index contributed by atoms with van der Waals surface area (Å²) in [5, 5.41) is 0. The van der Waals surface area contributed by atoms with E-state index in [2.05, 4.69) is 88.0 Å². The molecular formula is C45H84FN. The Morgan fingerprint density at radius 1 is 0.766 bits per heavy atom. The van der Waals surface area contributed by atoms with Gasteiger partial charge in [0, 0.05) is 0 Å². The monoisotopic (exact) mass is 658 g/mol. The van der Waals surface area contributed by atoms with Gasteiger partial charge < -0.3 is 9.19 Å². The minimum absolute atomic E-state index is 0. The number of rotatable bonds is 18. The summed E-state index contributed by atoms with van der Waals surface area (Å²) in [4.78, 5) is 0. The SMILES string of the molecule is C=C1[C@H](C)CC(=C/C=C2\CCC[C@]3(C)[C@@H]([C@@H](C)CCCC(C)C)CC[C@@H]23)C[C@H]1C.CCCC[N+](CCCC)(CCCC)CCCC.[F-]. The summed E-state index contributed by atoms with van der Waals surface area (Å²) in [6.07, 6.45) is 30.0. The van der Waals surface area contributed by atoms with Crippen LogP contribution in [0.5, 0.6) is 0 Å². The predicted molar refractivity (Wildman–Crippen MR) is 208 cm³/mol. The van der Waals surface area contributed by atoms with Gasteiger partial charge in [0.1, 0.15) is 0 Å². The van der Waals surface area contributed by atoms with Gasteiger partial charge in [-0.3, -0.25) is 0 Å². The molecule has 0 bridgehead atoms. The maximum atomic E-state index is 4.33. The highest BCUT2D eigenvalue weighted by molar-refractivity contribution is 5.28. The van der Waals surface area contributed by atoms with E-state index < -0.39 is 0 Å². The predicted octanol–water partition coefficient (Wildman–Crippen LogP) is 11.1. The standard InChI is InChI=1S/C29H48.C16H36N.FH/c1-20(2)10-8-11-21(3)27-15-16-28-26(12-9-17-29(27,28)7)14-13-25-18-22(4)24(6)23(5)19-25;1-5-9-13-17(14-10-6-2,15-11-7-3)16-12-8-4;/h13-14,20-23,27-28H,6,8-12,15-19H2,1-5,7H3;5-16H2,1-4H3;1H/q;+1;/p-1/b26-14+;;/t21-,22+,23+,27+,28-,29+;;/m0../s1. The molecule has 0 radical (unpaired) electrons. The highest BCUT2D eigenvalue weighted by Crippen LogP contribution is 2.60. The van der Waals surface area contributed by atoms with Gasteiger partial charge in [0.25, 0.3) is 0 Å². The first-order valence-electron chi connectivity index (χ1n) is 20.9. The highest BCUT2D eigenvalue weighted by Gasteiger charge is 2.50. The van der Waals surface area contributed by atoms with Crippen LogP contribution in [0.1, 0.15) is 185 Å². The summed E-state index contributed by atoms with van der Waals surface area (Å²) in [6.45, 7) is 34.0. The maximum Gasteiger partial charge on any atom is 0.0786 e. The van der Waals surface area contributed by atoms with Gasteiger partial charge in [-0.15, -0.1) is 0 Å². The third-order valence-electron chi connectivity index (χ3n) is 13.0. The lowest BCUT2D eigenvalue weighted by Gasteiger charge is -2.44. The molecule has 3 aliphatic rings. The Morgan fingerprint density at radius 3 is 1.74 bits per heavy atom. The van der Waals surface area contributed by atoms with Gasteiger partial charge in [-0.2, -0.15) is 0 Å². The molecule has 47 heavy (non-hydrogen) atoms. The van der Waals surface area contributed by atoms with Crippen LogP contribution in [0.4, 0.5) is 0 Å². The van der Waals surface area contributed by atoms with Crippen molar-refractivity contribution in [1.82, 2.24) is 0 Å². The van der Waals surface area contributed by atoms with Crippen LogP contribution >= 0.6 is 0 Å². The van der Waals surface area contributed by atoms with Gasteiger partial charge in [0.2, 0.25) is 0 Å². The molecule has 3 fully saturated rings. The second-order valence-corrected chi connectivity index (χ2v) is 17.4. The Morgan fingerprint density at radius 2 is 1.28 bits per heavy atom. The van der Waals surface area contributed by atoms with Gasteiger partial charge in [-0.05, 0) is 112 Å². The molecule has 0 N–H and O–H groups in total. The average molecular weight is 658 g/mol. The number of hydrogen-bond acceptors (Lipinski definition) is 0. The Labute approximate surface area is 295 Å². The third kappa shape index (κ3) is 13.7. The summed E-state index contributed by atoms with van der Waals surface area (Å²) in [5.41, 5.74) is 5.47. The molecule has 3 rings (SSSR count). The number of allylic oxidation sites excluding steroid dienone is 5. The van der Waals surface area contributed by atoms with E-state index in [0.29, 0.717) is 17.3 Å². The van der Waals surface area contributed by atoms with Crippen LogP contribution in [0.25, 0.3) is 0 Å². The lowest BCUT2D eigenvalue weighted by molar-refractivity contribution is -0.929. The smallest absolute Gasteiger partial charge is 0.0786 e. The molecule has 0 spiro atoms. The Kier molecular flexibility index (Phi) is 21.4. The van der Waals surface area contributed by atoms with E-state index in [-0.39, 0.29) is 4.70 Å². The molecule has 0 amide bonds. The van der Waals surface area contributed by atoms with Crippen molar-refractivity contribution in [3.05, 3.63) is 35.5 Å². The number of halogens is 1. The van der Waals surface area contributed by atoms with Gasteiger partial charge >= 0.3 is 0 Å². The van der Waals surface area contributed by atoms with Crippen LogP contribution in [-0.4, -0.2) is 30.7 Å². The molecule has 276 valence electrons. The molecule has 0 aliphatic heterocycles.